The molecule has 2 aromatic carbocycles. The van der Waals surface area contributed by atoms with Crippen molar-refractivity contribution in [3.8, 4) is 11.3 Å². The zero-order valence-corrected chi connectivity index (χ0v) is 21.0. The highest BCUT2D eigenvalue weighted by Crippen LogP contribution is 2.30. The molecule has 2 amide bonds. The Morgan fingerprint density at radius 3 is 2.44 bits per heavy atom. The number of aryl methyl sites for hydroxylation is 3. The number of rotatable bonds is 7. The lowest BCUT2D eigenvalue weighted by Crippen LogP contribution is -2.26. The van der Waals surface area contributed by atoms with Crippen molar-refractivity contribution < 1.29 is 9.59 Å². The lowest BCUT2D eigenvalue weighted by atomic mass is 10.0. The number of amides is 2. The van der Waals surface area contributed by atoms with Gasteiger partial charge in [-0.2, -0.15) is 0 Å². The third-order valence-corrected chi connectivity index (χ3v) is 6.73. The highest BCUT2D eigenvalue weighted by atomic mass is 32.2. The molecule has 0 saturated heterocycles. The first-order valence-electron chi connectivity index (χ1n) is 11.0. The molecule has 0 aliphatic rings. The molecular weight excluding hydrogens is 450 g/mol. The third-order valence-electron chi connectivity index (χ3n) is 5.49. The number of aromatic amines is 1. The average Bonchev–Trinajstić information content (AvgIpc) is 2.77. The molecule has 0 bridgehead atoms. The maximum absolute atomic E-state index is 12.9. The molecule has 0 aliphatic heterocycles. The maximum atomic E-state index is 12.9. The highest BCUT2D eigenvalue weighted by molar-refractivity contribution is 8.00. The van der Waals surface area contributed by atoms with Crippen molar-refractivity contribution in [2.45, 2.75) is 58.4 Å². The summed E-state index contributed by atoms with van der Waals surface area (Å²) in [7, 11) is 0. The van der Waals surface area contributed by atoms with Crippen LogP contribution in [0.5, 0.6) is 0 Å². The van der Waals surface area contributed by atoms with Crippen molar-refractivity contribution in [3.05, 3.63) is 62.9 Å². The molecule has 1 atom stereocenters. The van der Waals surface area contributed by atoms with E-state index < -0.39 is 10.8 Å². The second-order valence-corrected chi connectivity index (χ2v) is 9.44. The van der Waals surface area contributed by atoms with Gasteiger partial charge in [0, 0.05) is 18.2 Å². The number of carbonyl (C=O) groups excluding carboxylic acids is 2. The molecule has 1 heterocycles. The Morgan fingerprint density at radius 2 is 1.79 bits per heavy atom. The van der Waals surface area contributed by atoms with Crippen molar-refractivity contribution >= 4 is 35.0 Å². The van der Waals surface area contributed by atoms with Crippen LogP contribution in [-0.2, 0) is 9.59 Å². The van der Waals surface area contributed by atoms with Crippen LogP contribution in [0.3, 0.4) is 0 Å². The Kier molecular flexibility index (Phi) is 7.88. The summed E-state index contributed by atoms with van der Waals surface area (Å²) in [5, 5.41) is 13.9. The first-order valence-corrected chi connectivity index (χ1v) is 11.9. The predicted molar refractivity (Wildman–Crippen MR) is 136 cm³/mol. The number of H-pyrrole nitrogens is 1. The Bertz CT molecular complexity index is 1300. The van der Waals surface area contributed by atoms with Crippen molar-refractivity contribution in [1.29, 1.82) is 0 Å². The Hall–Kier alpha value is -3.46. The van der Waals surface area contributed by atoms with Gasteiger partial charge >= 0.3 is 0 Å². The van der Waals surface area contributed by atoms with Crippen LogP contribution in [0, 0.1) is 27.7 Å². The highest BCUT2D eigenvalue weighted by Gasteiger charge is 2.22. The van der Waals surface area contributed by atoms with E-state index in [1.165, 1.54) is 6.92 Å². The van der Waals surface area contributed by atoms with Gasteiger partial charge in [-0.1, -0.05) is 42.4 Å². The summed E-state index contributed by atoms with van der Waals surface area (Å²) < 4.78 is 0. The minimum atomic E-state index is -0.466. The Balaban J connectivity index is 1.86. The summed E-state index contributed by atoms with van der Waals surface area (Å²) in [4.78, 5) is 40.3. The fraction of sp³-hybridized carbons (Fsp3) is 0.320. The number of benzene rings is 2. The molecule has 8 nitrogen and oxygen atoms in total. The monoisotopic (exact) mass is 479 g/mol. The number of hydrogen-bond donors (Lipinski definition) is 3. The summed E-state index contributed by atoms with van der Waals surface area (Å²) in [6.07, 6.45) is 0.538. The van der Waals surface area contributed by atoms with Crippen LogP contribution in [0.2, 0.25) is 0 Å². The lowest BCUT2D eigenvalue weighted by Gasteiger charge is -2.16. The fourth-order valence-corrected chi connectivity index (χ4v) is 4.45. The Labute approximate surface area is 203 Å². The van der Waals surface area contributed by atoms with Gasteiger partial charge in [0.25, 0.3) is 5.56 Å². The van der Waals surface area contributed by atoms with Crippen molar-refractivity contribution in [1.82, 2.24) is 15.2 Å². The van der Waals surface area contributed by atoms with Crippen LogP contribution >= 0.6 is 11.8 Å². The number of nitrogens with one attached hydrogen (secondary N) is 3. The van der Waals surface area contributed by atoms with Gasteiger partial charge in [-0.15, -0.1) is 10.2 Å². The summed E-state index contributed by atoms with van der Waals surface area (Å²) in [5.74, 6) is -0.416. The molecule has 0 aliphatic carbocycles. The second-order valence-electron chi connectivity index (χ2n) is 8.24. The van der Waals surface area contributed by atoms with Crippen molar-refractivity contribution in [2.24, 2.45) is 0 Å². The van der Waals surface area contributed by atoms with Crippen LogP contribution in [-0.4, -0.2) is 32.2 Å². The standard InChI is InChI=1S/C25H29N5O3S/c1-7-20(23(32)27-19-10-8-9-14(3)16(19)5)34-25-28-24(33)22(29-30-25)18-12-13(2)11-15(4)21(18)26-17(6)31/h8-12,20H,7H2,1-6H3,(H,26,31)(H,27,32)(H,28,30,33). The molecular formula is C25H29N5O3S. The van der Waals surface area contributed by atoms with Gasteiger partial charge in [0.15, 0.2) is 10.9 Å². The maximum Gasteiger partial charge on any atom is 0.278 e. The zero-order valence-electron chi connectivity index (χ0n) is 20.2. The number of hydrogen-bond acceptors (Lipinski definition) is 6. The zero-order chi connectivity index (χ0) is 25.0. The second kappa shape index (κ2) is 10.6. The van der Waals surface area contributed by atoms with E-state index in [4.69, 9.17) is 0 Å². The van der Waals surface area contributed by atoms with Crippen molar-refractivity contribution in [2.75, 3.05) is 10.6 Å². The summed E-state index contributed by atoms with van der Waals surface area (Å²) >= 11 is 1.15. The first-order chi connectivity index (χ1) is 16.1. The van der Waals surface area contributed by atoms with E-state index in [2.05, 4.69) is 25.8 Å². The van der Waals surface area contributed by atoms with Gasteiger partial charge in [-0.05, 0) is 62.9 Å². The van der Waals surface area contributed by atoms with Gasteiger partial charge in [0.1, 0.15) is 0 Å². The first kappa shape index (κ1) is 25.2. The van der Waals surface area contributed by atoms with Gasteiger partial charge in [0.05, 0.1) is 10.9 Å². The van der Waals surface area contributed by atoms with Crippen LogP contribution in [0.4, 0.5) is 11.4 Å². The van der Waals surface area contributed by atoms with E-state index in [0.717, 1.165) is 39.7 Å². The molecule has 0 spiro atoms. The molecule has 1 aromatic heterocycles. The molecule has 9 heteroatoms. The van der Waals surface area contributed by atoms with E-state index in [9.17, 15) is 14.4 Å². The van der Waals surface area contributed by atoms with Crippen LogP contribution in [0.15, 0.2) is 40.3 Å². The molecule has 3 rings (SSSR count). The van der Waals surface area contributed by atoms with E-state index in [1.54, 1.807) is 6.07 Å². The molecule has 3 aromatic rings. The number of nitrogens with zero attached hydrogens (tertiary/aromatic N) is 2. The molecule has 0 radical (unpaired) electrons. The minimum Gasteiger partial charge on any atom is -0.325 e. The molecule has 34 heavy (non-hydrogen) atoms. The normalized spacial score (nSPS) is 11.7. The number of aromatic nitrogens is 3. The molecule has 1 unspecified atom stereocenters. The quantitative estimate of drug-likeness (QED) is 0.429. The van der Waals surface area contributed by atoms with Crippen LogP contribution in [0.25, 0.3) is 11.3 Å². The SMILES string of the molecule is CCC(Sc1nnc(-c2cc(C)cc(C)c2NC(C)=O)c(=O)[nH]1)C(=O)Nc1cccc(C)c1C. The van der Waals surface area contributed by atoms with Crippen molar-refractivity contribution in [3.63, 3.8) is 0 Å². The van der Waals surface area contributed by atoms with E-state index in [1.807, 2.05) is 58.9 Å². The lowest BCUT2D eigenvalue weighted by molar-refractivity contribution is -0.116. The molecule has 178 valence electrons. The van der Waals surface area contributed by atoms with Gasteiger partial charge < -0.3 is 10.6 Å². The van der Waals surface area contributed by atoms with Gasteiger partial charge in [0.2, 0.25) is 11.8 Å². The molecule has 0 fully saturated rings. The fourth-order valence-electron chi connectivity index (χ4n) is 3.60. The number of carbonyl (C=O) groups is 2. The average molecular weight is 480 g/mol. The van der Waals surface area contributed by atoms with Crippen LogP contribution in [0.1, 0.15) is 42.5 Å². The van der Waals surface area contributed by atoms with E-state index in [0.29, 0.717) is 17.7 Å². The third kappa shape index (κ3) is 5.72. The van der Waals surface area contributed by atoms with E-state index >= 15 is 0 Å². The van der Waals surface area contributed by atoms with Gasteiger partial charge in [-0.3, -0.25) is 19.4 Å². The molecule has 0 saturated carbocycles. The Morgan fingerprint density at radius 1 is 1.06 bits per heavy atom. The molecule has 3 N–H and O–H groups in total. The number of thioether (sulfide) groups is 1. The summed E-state index contributed by atoms with van der Waals surface area (Å²) in [6.45, 7) is 11.0. The smallest absolute Gasteiger partial charge is 0.278 e. The largest absolute Gasteiger partial charge is 0.325 e. The summed E-state index contributed by atoms with van der Waals surface area (Å²) in [5.41, 5.74) is 5.29. The minimum absolute atomic E-state index is 0.104. The number of anilines is 2. The predicted octanol–water partition coefficient (Wildman–Crippen LogP) is 4.53. The van der Waals surface area contributed by atoms with E-state index in [-0.39, 0.29) is 22.7 Å². The van der Waals surface area contributed by atoms with Gasteiger partial charge in [-0.25, -0.2) is 0 Å². The van der Waals surface area contributed by atoms with Crippen LogP contribution < -0.4 is 16.2 Å². The summed E-state index contributed by atoms with van der Waals surface area (Å²) in [6, 6.07) is 9.46. The topological polar surface area (TPSA) is 117 Å².